The number of rotatable bonds is 8. The van der Waals surface area contributed by atoms with Crippen LogP contribution in [0.1, 0.15) is 17.5 Å². The minimum absolute atomic E-state index is 0.282. The number of hydrogen-bond donors (Lipinski definition) is 0. The maximum Gasteiger partial charge on any atom is 0.332 e. The van der Waals surface area contributed by atoms with Crippen LogP contribution < -0.4 is 11.2 Å². The first kappa shape index (κ1) is 20.8. The lowest BCUT2D eigenvalue weighted by Crippen LogP contribution is -2.40. The van der Waals surface area contributed by atoms with E-state index in [0.29, 0.717) is 24.1 Å². The third-order valence-electron chi connectivity index (χ3n) is 5.56. The van der Waals surface area contributed by atoms with Crippen molar-refractivity contribution in [2.45, 2.75) is 26.1 Å². The van der Waals surface area contributed by atoms with Crippen LogP contribution in [0.25, 0.3) is 11.2 Å². The molecule has 0 bridgehead atoms. The molecule has 0 unspecified atom stereocenters. The van der Waals surface area contributed by atoms with Gasteiger partial charge in [-0.05, 0) is 17.5 Å². The van der Waals surface area contributed by atoms with Crippen molar-refractivity contribution >= 4 is 11.2 Å². The normalized spacial score (nSPS) is 11.5. The Morgan fingerprint density at radius 2 is 1.45 bits per heavy atom. The first-order chi connectivity index (χ1) is 15.0. The summed E-state index contributed by atoms with van der Waals surface area (Å²) in [5.41, 5.74) is 2.74. The molecule has 7 nitrogen and oxygen atoms in total. The highest BCUT2D eigenvalue weighted by atomic mass is 16.2. The largest absolute Gasteiger partial charge is 0.332 e. The van der Waals surface area contributed by atoms with E-state index in [1.807, 2.05) is 36.4 Å². The second kappa shape index (κ2) is 9.14. The lowest BCUT2D eigenvalue weighted by Gasteiger charge is -2.23. The summed E-state index contributed by atoms with van der Waals surface area (Å²) in [6.07, 6.45) is 2.26. The van der Waals surface area contributed by atoms with E-state index < -0.39 is 0 Å². The molecular formula is C24H27N5O2. The lowest BCUT2D eigenvalue weighted by molar-refractivity contribution is 0.247. The molecule has 0 spiro atoms. The summed E-state index contributed by atoms with van der Waals surface area (Å²) in [6.45, 7) is 2.75. The summed E-state index contributed by atoms with van der Waals surface area (Å²) in [7, 11) is 3.43. The van der Waals surface area contributed by atoms with Crippen molar-refractivity contribution in [1.29, 1.82) is 0 Å². The Morgan fingerprint density at radius 1 is 0.871 bits per heavy atom. The van der Waals surface area contributed by atoms with Gasteiger partial charge in [0, 0.05) is 40.3 Å². The molecular weight excluding hydrogens is 390 g/mol. The highest BCUT2D eigenvalue weighted by Gasteiger charge is 2.15. The Balaban J connectivity index is 1.53. The molecule has 0 saturated heterocycles. The number of nitrogens with zero attached hydrogens (tertiary/aromatic N) is 5. The molecule has 0 atom stereocenters. The molecule has 0 amide bonds. The SMILES string of the molecule is Cn1cnc2c1c(=O)n(CCCN(Cc1ccccc1)Cc1ccccc1)c(=O)n2C. The van der Waals surface area contributed by atoms with Gasteiger partial charge in [0.05, 0.1) is 6.33 Å². The Labute approximate surface area is 180 Å². The highest BCUT2D eigenvalue weighted by molar-refractivity contribution is 5.69. The van der Waals surface area contributed by atoms with Crippen LogP contribution in [0.3, 0.4) is 0 Å². The average Bonchev–Trinajstić information content (AvgIpc) is 3.17. The number of fused-ring (bicyclic) bond motifs is 1. The van der Waals surface area contributed by atoms with Crippen LogP contribution in [-0.4, -0.2) is 30.1 Å². The summed E-state index contributed by atoms with van der Waals surface area (Å²) in [4.78, 5) is 32.2. The fourth-order valence-corrected chi connectivity index (χ4v) is 3.94. The zero-order valence-corrected chi connectivity index (χ0v) is 17.9. The van der Waals surface area contributed by atoms with Crippen LogP contribution >= 0.6 is 0 Å². The van der Waals surface area contributed by atoms with Crippen molar-refractivity contribution < 1.29 is 0 Å². The Morgan fingerprint density at radius 3 is 2.03 bits per heavy atom. The second-order valence-corrected chi connectivity index (χ2v) is 7.86. The maximum absolute atomic E-state index is 12.9. The van der Waals surface area contributed by atoms with Gasteiger partial charge in [0.25, 0.3) is 5.56 Å². The third-order valence-corrected chi connectivity index (χ3v) is 5.56. The van der Waals surface area contributed by atoms with Crippen LogP contribution in [0.5, 0.6) is 0 Å². The van der Waals surface area contributed by atoms with Gasteiger partial charge in [-0.1, -0.05) is 60.7 Å². The second-order valence-electron chi connectivity index (χ2n) is 7.86. The fraction of sp³-hybridized carbons (Fsp3) is 0.292. The van der Waals surface area contributed by atoms with Gasteiger partial charge < -0.3 is 4.57 Å². The van der Waals surface area contributed by atoms with E-state index in [1.54, 1.807) is 25.0 Å². The Hall–Kier alpha value is -3.45. The smallest absolute Gasteiger partial charge is 0.328 e. The zero-order valence-electron chi connectivity index (χ0n) is 17.9. The molecule has 160 valence electrons. The van der Waals surface area contributed by atoms with Gasteiger partial charge >= 0.3 is 5.69 Å². The molecule has 0 saturated carbocycles. The van der Waals surface area contributed by atoms with Crippen LogP contribution in [-0.2, 0) is 33.7 Å². The number of hydrogen-bond acceptors (Lipinski definition) is 4. The van der Waals surface area contributed by atoms with Gasteiger partial charge in [-0.3, -0.25) is 18.8 Å². The molecule has 0 fully saturated rings. The van der Waals surface area contributed by atoms with Crippen molar-refractivity contribution in [2.24, 2.45) is 14.1 Å². The average molecular weight is 418 g/mol. The van der Waals surface area contributed by atoms with Gasteiger partial charge in [0.2, 0.25) is 0 Å². The van der Waals surface area contributed by atoms with E-state index in [-0.39, 0.29) is 11.2 Å². The monoisotopic (exact) mass is 417 g/mol. The number of aromatic nitrogens is 4. The van der Waals surface area contributed by atoms with E-state index >= 15 is 0 Å². The quantitative estimate of drug-likeness (QED) is 0.442. The molecule has 2 aromatic heterocycles. The van der Waals surface area contributed by atoms with E-state index in [2.05, 4.69) is 34.1 Å². The Kier molecular flexibility index (Phi) is 6.13. The predicted octanol–water partition coefficient (Wildman–Crippen LogP) is 2.53. The van der Waals surface area contributed by atoms with Gasteiger partial charge in [-0.15, -0.1) is 0 Å². The van der Waals surface area contributed by atoms with Crippen molar-refractivity contribution in [1.82, 2.24) is 23.6 Å². The summed E-state index contributed by atoms with van der Waals surface area (Å²) in [6, 6.07) is 20.7. The maximum atomic E-state index is 12.9. The molecule has 2 heterocycles. The number of imidazole rings is 1. The standard InChI is InChI=1S/C24H27N5O2/c1-26-18-25-22-21(26)23(30)29(24(31)27(22)2)15-9-14-28(16-19-10-5-3-6-11-19)17-20-12-7-4-8-13-20/h3-8,10-13,18H,9,14-17H2,1-2H3. The number of aryl methyl sites for hydroxylation is 2. The van der Waals surface area contributed by atoms with Crippen molar-refractivity contribution in [3.8, 4) is 0 Å². The molecule has 0 aliphatic rings. The van der Waals surface area contributed by atoms with Crippen LogP contribution in [0.2, 0.25) is 0 Å². The molecule has 0 aliphatic carbocycles. The van der Waals surface area contributed by atoms with Crippen molar-refractivity contribution in [3.05, 3.63) is 99.0 Å². The molecule has 4 aromatic rings. The molecule has 7 heteroatoms. The minimum Gasteiger partial charge on any atom is -0.328 e. The highest BCUT2D eigenvalue weighted by Crippen LogP contribution is 2.11. The van der Waals surface area contributed by atoms with Gasteiger partial charge in [-0.2, -0.15) is 0 Å². The van der Waals surface area contributed by atoms with Crippen molar-refractivity contribution in [3.63, 3.8) is 0 Å². The summed E-state index contributed by atoms with van der Waals surface area (Å²) in [5.74, 6) is 0. The molecule has 31 heavy (non-hydrogen) atoms. The topological polar surface area (TPSA) is 65.1 Å². The van der Waals surface area contributed by atoms with E-state index in [1.165, 1.54) is 20.3 Å². The van der Waals surface area contributed by atoms with Gasteiger partial charge in [-0.25, -0.2) is 9.78 Å². The number of benzene rings is 2. The summed E-state index contributed by atoms with van der Waals surface area (Å²) in [5, 5.41) is 0. The van der Waals surface area contributed by atoms with E-state index in [0.717, 1.165) is 19.6 Å². The Bertz CT molecular complexity index is 1230. The third kappa shape index (κ3) is 4.51. The van der Waals surface area contributed by atoms with Gasteiger partial charge in [0.1, 0.15) is 0 Å². The molecule has 0 aliphatic heterocycles. The first-order valence-electron chi connectivity index (χ1n) is 10.5. The van der Waals surface area contributed by atoms with E-state index in [9.17, 15) is 9.59 Å². The van der Waals surface area contributed by atoms with Crippen LogP contribution in [0.15, 0.2) is 76.6 Å². The summed E-state index contributed by atoms with van der Waals surface area (Å²) < 4.78 is 4.44. The molecule has 4 rings (SSSR count). The predicted molar refractivity (Wildman–Crippen MR) is 122 cm³/mol. The van der Waals surface area contributed by atoms with E-state index in [4.69, 9.17) is 0 Å². The minimum atomic E-state index is -0.325. The molecule has 0 N–H and O–H groups in total. The van der Waals surface area contributed by atoms with Crippen LogP contribution in [0.4, 0.5) is 0 Å². The summed E-state index contributed by atoms with van der Waals surface area (Å²) >= 11 is 0. The fourth-order valence-electron chi connectivity index (χ4n) is 3.94. The first-order valence-corrected chi connectivity index (χ1v) is 10.5. The zero-order chi connectivity index (χ0) is 21.8. The van der Waals surface area contributed by atoms with Crippen molar-refractivity contribution in [2.75, 3.05) is 6.54 Å². The van der Waals surface area contributed by atoms with Crippen LogP contribution in [0, 0.1) is 0 Å². The van der Waals surface area contributed by atoms with Gasteiger partial charge in [0.15, 0.2) is 11.2 Å². The molecule has 2 aromatic carbocycles. The lowest BCUT2D eigenvalue weighted by atomic mass is 10.1. The molecule has 0 radical (unpaired) electrons.